The Kier molecular flexibility index (Phi) is 5.08. The van der Waals surface area contributed by atoms with Crippen molar-refractivity contribution in [3.63, 3.8) is 0 Å². The predicted molar refractivity (Wildman–Crippen MR) is 65.7 cm³/mol. The molecule has 0 heterocycles. The third-order valence-corrected chi connectivity index (χ3v) is 4.30. The summed E-state index contributed by atoms with van der Waals surface area (Å²) in [6.07, 6.45) is 1.80. The molecule has 0 fully saturated rings. The Morgan fingerprint density at radius 3 is 2.35 bits per heavy atom. The maximum absolute atomic E-state index is 13.4. The molecule has 0 amide bonds. The van der Waals surface area contributed by atoms with Crippen LogP contribution >= 0.6 is 0 Å². The fourth-order valence-corrected chi connectivity index (χ4v) is 2.74. The van der Waals surface area contributed by atoms with Gasteiger partial charge in [-0.15, -0.1) is 0 Å². The van der Waals surface area contributed by atoms with Crippen LogP contribution in [-0.4, -0.2) is 15.0 Å². The number of rotatable bonds is 6. The quantitative estimate of drug-likeness (QED) is 0.853. The van der Waals surface area contributed by atoms with E-state index < -0.39 is 15.8 Å². The van der Waals surface area contributed by atoms with Gasteiger partial charge < -0.3 is 0 Å². The highest BCUT2D eigenvalue weighted by atomic mass is 32.2. The van der Waals surface area contributed by atoms with Gasteiger partial charge in [0.2, 0.25) is 10.0 Å². The summed E-state index contributed by atoms with van der Waals surface area (Å²) in [6.45, 7) is 4.36. The highest BCUT2D eigenvalue weighted by molar-refractivity contribution is 7.89. The molecule has 96 valence electrons. The first kappa shape index (κ1) is 14.1. The molecule has 1 aromatic rings. The maximum Gasteiger partial charge on any atom is 0.243 e. The van der Waals surface area contributed by atoms with E-state index >= 15 is 0 Å². The molecule has 0 aliphatic rings. The largest absolute Gasteiger partial charge is 0.243 e. The molecule has 0 unspecified atom stereocenters. The van der Waals surface area contributed by atoms with Gasteiger partial charge in [-0.2, -0.15) is 0 Å². The smallest absolute Gasteiger partial charge is 0.211 e. The van der Waals surface area contributed by atoms with E-state index in [1.54, 1.807) is 0 Å². The lowest BCUT2D eigenvalue weighted by atomic mass is 10.0. The molecule has 3 nitrogen and oxygen atoms in total. The first-order valence-corrected chi connectivity index (χ1v) is 7.23. The Morgan fingerprint density at radius 2 is 1.82 bits per heavy atom. The van der Waals surface area contributed by atoms with Crippen LogP contribution in [0.5, 0.6) is 0 Å². The van der Waals surface area contributed by atoms with Crippen LogP contribution in [-0.2, 0) is 10.0 Å². The summed E-state index contributed by atoms with van der Waals surface area (Å²) in [5, 5.41) is 0. The topological polar surface area (TPSA) is 46.2 Å². The molecular weight excluding hydrogens is 241 g/mol. The van der Waals surface area contributed by atoms with Crippen LogP contribution in [0.15, 0.2) is 29.2 Å². The number of halogens is 1. The van der Waals surface area contributed by atoms with Crippen molar-refractivity contribution in [1.29, 1.82) is 0 Å². The first-order valence-electron chi connectivity index (χ1n) is 5.75. The summed E-state index contributed by atoms with van der Waals surface area (Å²) in [6, 6.07) is 5.39. The van der Waals surface area contributed by atoms with Crippen LogP contribution in [0.1, 0.15) is 26.7 Å². The van der Waals surface area contributed by atoms with E-state index in [1.165, 1.54) is 18.2 Å². The molecule has 0 spiro atoms. The van der Waals surface area contributed by atoms with E-state index in [2.05, 4.69) is 4.72 Å². The van der Waals surface area contributed by atoms with Gasteiger partial charge in [-0.3, -0.25) is 0 Å². The molecule has 0 aliphatic carbocycles. The van der Waals surface area contributed by atoms with E-state index in [0.29, 0.717) is 6.54 Å². The number of hydrogen-bond acceptors (Lipinski definition) is 2. The highest BCUT2D eigenvalue weighted by Gasteiger charge is 2.19. The molecular formula is C12H18FNO2S. The van der Waals surface area contributed by atoms with E-state index in [4.69, 9.17) is 0 Å². The van der Waals surface area contributed by atoms with Gasteiger partial charge in [0.05, 0.1) is 0 Å². The van der Waals surface area contributed by atoms with Gasteiger partial charge in [0.1, 0.15) is 10.7 Å². The van der Waals surface area contributed by atoms with E-state index in [1.807, 2.05) is 13.8 Å². The minimum atomic E-state index is -3.73. The Hall–Kier alpha value is -0.940. The second-order valence-corrected chi connectivity index (χ2v) is 5.70. The van der Waals surface area contributed by atoms with Crippen LogP contribution in [0.25, 0.3) is 0 Å². The lowest BCUT2D eigenvalue weighted by Crippen LogP contribution is -2.29. The minimum absolute atomic E-state index is 0.286. The molecule has 0 radical (unpaired) electrons. The summed E-state index contributed by atoms with van der Waals surface area (Å²) < 4.78 is 39.5. The number of sulfonamides is 1. The lowest BCUT2D eigenvalue weighted by Gasteiger charge is -2.13. The second-order valence-electron chi connectivity index (χ2n) is 3.96. The number of benzene rings is 1. The van der Waals surface area contributed by atoms with Gasteiger partial charge in [-0.25, -0.2) is 17.5 Å². The number of nitrogens with one attached hydrogen (secondary N) is 1. The Morgan fingerprint density at radius 1 is 1.24 bits per heavy atom. The average molecular weight is 259 g/mol. The molecule has 0 aromatic heterocycles. The summed E-state index contributed by atoms with van der Waals surface area (Å²) >= 11 is 0. The molecule has 1 aromatic carbocycles. The van der Waals surface area contributed by atoms with Crippen LogP contribution in [0.3, 0.4) is 0 Å². The van der Waals surface area contributed by atoms with Gasteiger partial charge in [-0.1, -0.05) is 38.8 Å². The third-order valence-electron chi connectivity index (χ3n) is 2.84. The zero-order chi connectivity index (χ0) is 12.9. The average Bonchev–Trinajstić information content (AvgIpc) is 2.30. The van der Waals surface area contributed by atoms with Gasteiger partial charge in [0.25, 0.3) is 0 Å². The van der Waals surface area contributed by atoms with E-state index in [0.717, 1.165) is 18.9 Å². The molecule has 0 aliphatic heterocycles. The summed E-state index contributed by atoms with van der Waals surface area (Å²) in [5.74, 6) is -0.430. The van der Waals surface area contributed by atoms with Crippen LogP contribution in [0.4, 0.5) is 4.39 Å². The van der Waals surface area contributed by atoms with E-state index in [9.17, 15) is 12.8 Å². The van der Waals surface area contributed by atoms with E-state index in [-0.39, 0.29) is 10.8 Å². The molecule has 0 saturated heterocycles. The fraction of sp³-hybridized carbons (Fsp3) is 0.500. The monoisotopic (exact) mass is 259 g/mol. The van der Waals surface area contributed by atoms with Crippen molar-refractivity contribution in [3.8, 4) is 0 Å². The Labute approximate surface area is 102 Å². The molecule has 0 bridgehead atoms. The van der Waals surface area contributed by atoms with Gasteiger partial charge in [-0.05, 0) is 18.1 Å². The third kappa shape index (κ3) is 3.78. The zero-order valence-corrected chi connectivity index (χ0v) is 10.9. The van der Waals surface area contributed by atoms with Crippen molar-refractivity contribution in [3.05, 3.63) is 30.1 Å². The van der Waals surface area contributed by atoms with Crippen molar-refractivity contribution in [2.75, 3.05) is 6.54 Å². The first-order chi connectivity index (χ1) is 8.01. The molecule has 1 rings (SSSR count). The Balaban J connectivity index is 2.80. The standard InChI is InChI=1S/C12H18FNO2S/c1-3-10(4-2)9-14-17(15,16)12-8-6-5-7-11(12)13/h5-8,10,14H,3-4,9H2,1-2H3. The van der Waals surface area contributed by atoms with Gasteiger partial charge in [0.15, 0.2) is 0 Å². The molecule has 1 N–H and O–H groups in total. The van der Waals surface area contributed by atoms with Crippen LogP contribution in [0.2, 0.25) is 0 Å². The van der Waals surface area contributed by atoms with Crippen molar-refractivity contribution < 1.29 is 12.8 Å². The van der Waals surface area contributed by atoms with Crippen molar-refractivity contribution in [1.82, 2.24) is 4.72 Å². The highest BCUT2D eigenvalue weighted by Crippen LogP contribution is 2.14. The number of hydrogen-bond donors (Lipinski definition) is 1. The Bertz CT molecular complexity index is 455. The molecule has 5 heteroatoms. The molecule has 0 saturated carbocycles. The molecule has 0 atom stereocenters. The van der Waals surface area contributed by atoms with Gasteiger partial charge in [0, 0.05) is 6.54 Å². The van der Waals surface area contributed by atoms with Crippen molar-refractivity contribution >= 4 is 10.0 Å². The maximum atomic E-state index is 13.4. The van der Waals surface area contributed by atoms with Crippen molar-refractivity contribution in [2.45, 2.75) is 31.6 Å². The summed E-state index contributed by atoms with van der Waals surface area (Å²) in [7, 11) is -3.73. The summed E-state index contributed by atoms with van der Waals surface area (Å²) in [4.78, 5) is -0.286. The predicted octanol–water partition coefficient (Wildman–Crippen LogP) is 2.54. The van der Waals surface area contributed by atoms with Gasteiger partial charge >= 0.3 is 0 Å². The zero-order valence-electron chi connectivity index (χ0n) is 10.1. The SMILES string of the molecule is CCC(CC)CNS(=O)(=O)c1ccccc1F. The normalized spacial score (nSPS) is 12.0. The van der Waals surface area contributed by atoms with Crippen LogP contribution < -0.4 is 4.72 Å². The lowest BCUT2D eigenvalue weighted by molar-refractivity contribution is 0.477. The van der Waals surface area contributed by atoms with Crippen molar-refractivity contribution in [2.24, 2.45) is 5.92 Å². The van der Waals surface area contributed by atoms with Crippen LogP contribution in [0, 0.1) is 11.7 Å². The fourth-order valence-electron chi connectivity index (χ4n) is 1.55. The minimum Gasteiger partial charge on any atom is -0.211 e. The second kappa shape index (κ2) is 6.12. The molecule has 17 heavy (non-hydrogen) atoms. The summed E-state index contributed by atoms with van der Waals surface area (Å²) in [5.41, 5.74) is 0.